The average Bonchev–Trinajstić information content (AvgIpc) is 4.09. The van der Waals surface area contributed by atoms with Gasteiger partial charge in [0.25, 0.3) is 23.6 Å². The molecule has 0 radical (unpaired) electrons. The maximum Gasteiger partial charge on any atom is 0.264 e. The fourth-order valence-corrected chi connectivity index (χ4v) is 9.86. The molecule has 2 atom stereocenters. The second-order valence-electron chi connectivity index (χ2n) is 17.6. The predicted molar refractivity (Wildman–Crippen MR) is 269 cm³/mol. The monoisotopic (exact) mass is 982 g/mol. The molecule has 0 aliphatic carbocycles. The number of thiazole rings is 1. The van der Waals surface area contributed by atoms with E-state index in [1.165, 1.54) is 11.3 Å². The van der Waals surface area contributed by atoms with Gasteiger partial charge in [-0.2, -0.15) is 0 Å². The van der Waals surface area contributed by atoms with Crippen LogP contribution in [0.15, 0.2) is 115 Å². The number of benzene rings is 4. The van der Waals surface area contributed by atoms with E-state index in [0.717, 1.165) is 65.6 Å². The highest BCUT2D eigenvalue weighted by atomic mass is 32.1. The van der Waals surface area contributed by atoms with Gasteiger partial charge in [0, 0.05) is 80.0 Å². The summed E-state index contributed by atoms with van der Waals surface area (Å²) < 4.78 is 22.8. The standard InChI is InChI=1S/C53H58N8O9S/c1-36-10-17-45(48(62)56-36)61-51(65)42-8-5-9-44(46(42)52(61)66)54-18-25-67-27-29-69-31-32-70-30-28-68-26-24-58-20-22-59(23-21-58)41-15-13-37(14-16-41)39-11-12-40-35-60(50(64)43(40)34-39)47(38-6-3-2-4-7-38)49(63)57-53-55-19-33-71-53/h2-9,11-16,19,33-34,45,47,54H,1,10,17-18,20-32,35H2,(H,56,62)(H,55,57,63)/t45-,47?/m1/s1. The van der Waals surface area contributed by atoms with E-state index in [9.17, 15) is 24.0 Å². The Bertz CT molecular complexity index is 2700. The maximum absolute atomic E-state index is 14.0. The van der Waals surface area contributed by atoms with Crippen molar-refractivity contribution in [3.8, 4) is 11.1 Å². The van der Waals surface area contributed by atoms with E-state index in [2.05, 4.69) is 61.6 Å². The second kappa shape index (κ2) is 23.4. The van der Waals surface area contributed by atoms with Crippen molar-refractivity contribution in [3.63, 3.8) is 0 Å². The first kappa shape index (κ1) is 49.2. The average molecular weight is 983 g/mol. The Morgan fingerprint density at radius 1 is 0.761 bits per heavy atom. The van der Waals surface area contributed by atoms with E-state index in [0.29, 0.717) is 101 Å². The highest BCUT2D eigenvalue weighted by Crippen LogP contribution is 2.36. The van der Waals surface area contributed by atoms with Crippen molar-refractivity contribution < 1.29 is 42.9 Å². The Morgan fingerprint density at radius 2 is 1.46 bits per heavy atom. The summed E-state index contributed by atoms with van der Waals surface area (Å²) in [5.74, 6) is -1.81. The Morgan fingerprint density at radius 3 is 2.17 bits per heavy atom. The molecule has 17 nitrogen and oxygen atoms in total. The molecule has 1 aromatic heterocycles. The van der Waals surface area contributed by atoms with Gasteiger partial charge in [-0.3, -0.25) is 39.1 Å². The molecule has 0 saturated carbocycles. The first-order chi connectivity index (χ1) is 34.7. The smallest absolute Gasteiger partial charge is 0.264 e. The summed E-state index contributed by atoms with van der Waals surface area (Å²) in [6.07, 6.45) is 2.49. The lowest BCUT2D eigenvalue weighted by atomic mass is 10.00. The van der Waals surface area contributed by atoms with Crippen LogP contribution in [-0.4, -0.2) is 147 Å². The van der Waals surface area contributed by atoms with Crippen LogP contribution in [0.3, 0.4) is 0 Å². The molecule has 4 aliphatic heterocycles. The minimum absolute atomic E-state index is 0.173. The zero-order chi connectivity index (χ0) is 49.1. The Kier molecular flexibility index (Phi) is 16.2. The number of rotatable bonds is 23. The van der Waals surface area contributed by atoms with E-state index < -0.39 is 29.8 Å². The summed E-state index contributed by atoms with van der Waals surface area (Å²) in [4.78, 5) is 78.2. The van der Waals surface area contributed by atoms with Gasteiger partial charge in [0.15, 0.2) is 5.13 Å². The van der Waals surface area contributed by atoms with E-state index in [1.807, 2.05) is 48.5 Å². The minimum atomic E-state index is -0.857. The van der Waals surface area contributed by atoms with Crippen LogP contribution in [0, 0.1) is 0 Å². The van der Waals surface area contributed by atoms with E-state index in [-0.39, 0.29) is 22.9 Å². The van der Waals surface area contributed by atoms with E-state index in [4.69, 9.17) is 18.9 Å². The zero-order valence-electron chi connectivity index (χ0n) is 39.5. The van der Waals surface area contributed by atoms with Crippen LogP contribution < -0.4 is 20.9 Å². The lowest BCUT2D eigenvalue weighted by Gasteiger charge is -2.36. The molecular weight excluding hydrogens is 925 g/mol. The fourth-order valence-electron chi connectivity index (χ4n) is 9.33. The molecule has 5 heterocycles. The third kappa shape index (κ3) is 11.7. The predicted octanol–water partition coefficient (Wildman–Crippen LogP) is 5.83. The normalized spacial score (nSPS) is 17.4. The van der Waals surface area contributed by atoms with Crippen molar-refractivity contribution in [1.29, 1.82) is 0 Å². The van der Waals surface area contributed by atoms with Crippen LogP contribution in [0.4, 0.5) is 16.5 Å². The largest absolute Gasteiger partial charge is 0.382 e. The number of piperazine rings is 1. The van der Waals surface area contributed by atoms with Crippen molar-refractivity contribution in [3.05, 3.63) is 143 Å². The van der Waals surface area contributed by atoms with Crippen molar-refractivity contribution in [2.24, 2.45) is 0 Å². The number of anilines is 3. The summed E-state index contributed by atoms with van der Waals surface area (Å²) in [5.41, 5.74) is 7.04. The van der Waals surface area contributed by atoms with Crippen LogP contribution in [0.2, 0.25) is 0 Å². The number of amides is 5. The first-order valence-corrected chi connectivity index (χ1v) is 24.9. The van der Waals surface area contributed by atoms with Gasteiger partial charge in [-0.1, -0.05) is 67.2 Å². The minimum Gasteiger partial charge on any atom is -0.382 e. The molecule has 18 heteroatoms. The molecule has 370 valence electrons. The van der Waals surface area contributed by atoms with Crippen LogP contribution in [-0.2, 0) is 35.1 Å². The quantitative estimate of drug-likeness (QED) is 0.0525. The van der Waals surface area contributed by atoms with Crippen LogP contribution in [0.1, 0.15) is 61.1 Å². The number of piperidine rings is 1. The lowest BCUT2D eigenvalue weighted by molar-refractivity contribution is -0.125. The molecule has 1 unspecified atom stereocenters. The number of aromatic nitrogens is 1. The number of carbonyl (C=O) groups excluding carboxylic acids is 5. The molecule has 3 N–H and O–H groups in total. The second-order valence-corrected chi connectivity index (χ2v) is 18.4. The van der Waals surface area contributed by atoms with Gasteiger partial charge in [-0.05, 0) is 65.4 Å². The fraction of sp³-hybridized carbons (Fsp3) is 0.358. The number of nitrogens with zero attached hydrogens (tertiary/aromatic N) is 5. The van der Waals surface area contributed by atoms with Gasteiger partial charge in [0.1, 0.15) is 12.1 Å². The van der Waals surface area contributed by atoms with Crippen molar-refractivity contribution in [2.45, 2.75) is 31.5 Å². The molecule has 2 fully saturated rings. The lowest BCUT2D eigenvalue weighted by Crippen LogP contribution is -2.51. The zero-order valence-corrected chi connectivity index (χ0v) is 40.3. The third-order valence-electron chi connectivity index (χ3n) is 13.0. The van der Waals surface area contributed by atoms with Crippen LogP contribution in [0.25, 0.3) is 11.1 Å². The van der Waals surface area contributed by atoms with E-state index >= 15 is 0 Å². The van der Waals surface area contributed by atoms with Gasteiger partial charge in [0.2, 0.25) is 5.91 Å². The number of imide groups is 1. The Balaban J connectivity index is 0.612. The number of allylic oxidation sites excluding steroid dienone is 1. The van der Waals surface area contributed by atoms with Gasteiger partial charge in [-0.15, -0.1) is 11.3 Å². The molecule has 5 amide bonds. The van der Waals surface area contributed by atoms with Crippen molar-refractivity contribution in [1.82, 2.24) is 25.0 Å². The topological polar surface area (TPSA) is 184 Å². The number of nitrogens with one attached hydrogen (secondary N) is 3. The third-order valence-corrected chi connectivity index (χ3v) is 13.7. The molecule has 71 heavy (non-hydrogen) atoms. The summed E-state index contributed by atoms with van der Waals surface area (Å²) >= 11 is 1.34. The summed E-state index contributed by atoms with van der Waals surface area (Å²) in [7, 11) is 0. The van der Waals surface area contributed by atoms with Gasteiger partial charge in [0.05, 0.1) is 64.0 Å². The summed E-state index contributed by atoms with van der Waals surface area (Å²) in [5, 5.41) is 11.0. The molecule has 5 aromatic rings. The Hall–Kier alpha value is -6.80. The molecule has 2 saturated heterocycles. The van der Waals surface area contributed by atoms with Crippen molar-refractivity contribution in [2.75, 3.05) is 108 Å². The van der Waals surface area contributed by atoms with Crippen LogP contribution in [0.5, 0.6) is 0 Å². The number of hydrogen-bond acceptors (Lipinski definition) is 14. The molecular formula is C53H58N8O9S. The van der Waals surface area contributed by atoms with Crippen molar-refractivity contribution >= 4 is 57.4 Å². The summed E-state index contributed by atoms with van der Waals surface area (Å²) in [6, 6.07) is 27.3. The first-order valence-electron chi connectivity index (χ1n) is 24.0. The molecule has 0 spiro atoms. The summed E-state index contributed by atoms with van der Waals surface area (Å²) in [6.45, 7) is 12.7. The van der Waals surface area contributed by atoms with Gasteiger partial charge >= 0.3 is 0 Å². The number of fused-ring (bicyclic) bond motifs is 2. The Labute approximate surface area is 416 Å². The van der Waals surface area contributed by atoms with E-state index in [1.54, 1.807) is 34.7 Å². The molecule has 0 bridgehead atoms. The molecule has 4 aromatic carbocycles. The SMILES string of the molecule is C=C1CC[C@@H](N2C(=O)c3cccc(NCCOCCOCCOCCOCCN4CCN(c5ccc(-c6ccc7c(c6)C(=O)N(C(C(=O)Nc6nccs6)c6ccccc6)C7)cc5)CC4)c3C2=O)C(=O)N1. The van der Waals surface area contributed by atoms with Gasteiger partial charge in [-0.25, -0.2) is 4.98 Å². The molecule has 4 aliphatic rings. The number of hydrogen-bond donors (Lipinski definition) is 3. The highest BCUT2D eigenvalue weighted by Gasteiger charge is 2.45. The number of carbonyl (C=O) groups is 5. The van der Waals surface area contributed by atoms with Gasteiger partial charge < -0.3 is 39.4 Å². The number of ether oxygens (including phenoxy) is 4. The molecule has 9 rings (SSSR count). The van der Waals surface area contributed by atoms with Crippen LogP contribution >= 0.6 is 11.3 Å². The highest BCUT2D eigenvalue weighted by molar-refractivity contribution is 7.13. The maximum atomic E-state index is 14.0.